The molecule has 6 nitrogen and oxygen atoms in total. The summed E-state index contributed by atoms with van der Waals surface area (Å²) in [4.78, 5) is 41.2. The molecule has 0 spiro atoms. The Morgan fingerprint density at radius 2 is 0.587 bits per heavy atom. The SMILES string of the molecule is CCCCCCCCCCCCCCCCC(C)C(=O)C(O)C(O)(C(=O)C(C)CCCCCCCCCCCCCCCC)C(O)C(=O)CCCCCCCCCCCCCCC. The Morgan fingerprint density at radius 3 is 0.873 bits per heavy atom. The highest BCUT2D eigenvalue weighted by molar-refractivity contribution is 6.02. The van der Waals surface area contributed by atoms with Crippen LogP contribution < -0.4 is 0 Å². The minimum atomic E-state index is -2.84. The zero-order valence-corrected chi connectivity index (χ0v) is 43.0. The van der Waals surface area contributed by atoms with Gasteiger partial charge in [0.1, 0.15) is 0 Å². The first-order chi connectivity index (χ1) is 30.6. The van der Waals surface area contributed by atoms with Gasteiger partial charge in [0.2, 0.25) is 0 Å². The third-order valence-corrected chi connectivity index (χ3v) is 14.2. The molecule has 0 heterocycles. The average Bonchev–Trinajstić information content (AvgIpc) is 3.29. The molecule has 0 aliphatic carbocycles. The van der Waals surface area contributed by atoms with Crippen molar-refractivity contribution >= 4 is 17.3 Å². The van der Waals surface area contributed by atoms with Crippen molar-refractivity contribution in [3.63, 3.8) is 0 Å². The lowest BCUT2D eigenvalue weighted by Crippen LogP contribution is -2.65. The third kappa shape index (κ3) is 33.1. The van der Waals surface area contributed by atoms with Crippen LogP contribution in [0.4, 0.5) is 0 Å². The highest BCUT2D eigenvalue weighted by Crippen LogP contribution is 2.30. The molecule has 0 aromatic heterocycles. The van der Waals surface area contributed by atoms with Gasteiger partial charge in [-0.3, -0.25) is 14.4 Å². The standard InChI is InChI=1S/C57H110O6/c1-6-9-12-15-18-21-24-27-30-32-35-38-41-44-47-50(4)53(59)56(62)57(63,55(61)52(58)49-46-43-40-37-34-29-26-23-20-17-14-11-8-3)54(60)51(5)48-45-42-39-36-33-31-28-25-22-19-16-13-10-7-2/h50-51,55-56,61-63H,6-49H2,1-5H3. The summed E-state index contributed by atoms with van der Waals surface area (Å²) in [7, 11) is 0. The van der Waals surface area contributed by atoms with Crippen molar-refractivity contribution in [2.45, 2.75) is 335 Å². The fraction of sp³-hybridized carbons (Fsp3) is 0.947. The van der Waals surface area contributed by atoms with Crippen LogP contribution in [-0.4, -0.2) is 50.5 Å². The molecule has 0 bridgehead atoms. The molecule has 374 valence electrons. The number of aliphatic hydroxyl groups excluding tert-OH is 2. The minimum absolute atomic E-state index is 0.0113. The largest absolute Gasteiger partial charge is 0.382 e. The van der Waals surface area contributed by atoms with E-state index >= 15 is 0 Å². The molecule has 0 aromatic rings. The average molecular weight is 892 g/mol. The lowest BCUT2D eigenvalue weighted by molar-refractivity contribution is -0.185. The second kappa shape index (κ2) is 44.7. The predicted octanol–water partition coefficient (Wildman–Crippen LogP) is 16.6. The molecule has 0 aliphatic rings. The van der Waals surface area contributed by atoms with Gasteiger partial charge in [-0.1, -0.05) is 291 Å². The van der Waals surface area contributed by atoms with Crippen LogP contribution in [0.5, 0.6) is 0 Å². The van der Waals surface area contributed by atoms with Gasteiger partial charge in [0.25, 0.3) is 0 Å². The van der Waals surface area contributed by atoms with Gasteiger partial charge in [0.15, 0.2) is 35.2 Å². The smallest absolute Gasteiger partial charge is 0.189 e. The Kier molecular flexibility index (Phi) is 43.9. The molecular formula is C57H110O6. The third-order valence-electron chi connectivity index (χ3n) is 14.2. The highest BCUT2D eigenvalue weighted by atomic mass is 16.4. The van der Waals surface area contributed by atoms with Crippen molar-refractivity contribution < 1.29 is 29.7 Å². The Morgan fingerprint density at radius 1 is 0.349 bits per heavy atom. The van der Waals surface area contributed by atoms with E-state index in [1.54, 1.807) is 13.8 Å². The molecule has 0 aliphatic heterocycles. The first-order valence-corrected chi connectivity index (χ1v) is 28.3. The molecule has 0 amide bonds. The van der Waals surface area contributed by atoms with Crippen molar-refractivity contribution in [3.05, 3.63) is 0 Å². The Balaban J connectivity index is 4.99. The molecular weight excluding hydrogens is 781 g/mol. The second-order valence-electron chi connectivity index (χ2n) is 20.4. The van der Waals surface area contributed by atoms with Gasteiger partial charge < -0.3 is 15.3 Å². The van der Waals surface area contributed by atoms with Crippen LogP contribution in [0.25, 0.3) is 0 Å². The number of hydrogen-bond acceptors (Lipinski definition) is 6. The monoisotopic (exact) mass is 891 g/mol. The summed E-state index contributed by atoms with van der Waals surface area (Å²) in [5.41, 5.74) is -2.84. The molecule has 6 heteroatoms. The van der Waals surface area contributed by atoms with Gasteiger partial charge in [-0.25, -0.2) is 0 Å². The summed E-state index contributed by atoms with van der Waals surface area (Å²) in [5.74, 6) is -3.40. The van der Waals surface area contributed by atoms with E-state index in [1.165, 1.54) is 199 Å². The number of ketones is 3. The first kappa shape index (κ1) is 61.9. The lowest BCUT2D eigenvalue weighted by Gasteiger charge is -2.37. The van der Waals surface area contributed by atoms with Crippen molar-refractivity contribution in [1.82, 2.24) is 0 Å². The van der Waals surface area contributed by atoms with Crippen LogP contribution in [0.2, 0.25) is 0 Å². The van der Waals surface area contributed by atoms with Crippen LogP contribution in [0.15, 0.2) is 0 Å². The maximum absolute atomic E-state index is 14.1. The van der Waals surface area contributed by atoms with Gasteiger partial charge in [0, 0.05) is 18.3 Å². The normalized spacial score (nSPS) is 14.7. The van der Waals surface area contributed by atoms with E-state index < -0.39 is 47.0 Å². The van der Waals surface area contributed by atoms with Crippen LogP contribution >= 0.6 is 0 Å². The maximum atomic E-state index is 14.1. The summed E-state index contributed by atoms with van der Waals surface area (Å²) in [6.07, 6.45) is 46.5. The van der Waals surface area contributed by atoms with Gasteiger partial charge in [0.05, 0.1) is 0 Å². The van der Waals surface area contributed by atoms with Crippen molar-refractivity contribution in [2.75, 3.05) is 0 Å². The Labute approximate surface area is 392 Å². The number of aliphatic hydroxyl groups is 3. The molecule has 0 fully saturated rings. The number of Topliss-reactive ketones (excluding diaryl/α,β-unsaturated/α-hetero) is 3. The highest BCUT2D eigenvalue weighted by Gasteiger charge is 2.55. The van der Waals surface area contributed by atoms with E-state index in [-0.39, 0.29) is 6.42 Å². The molecule has 0 aromatic carbocycles. The van der Waals surface area contributed by atoms with Crippen molar-refractivity contribution in [3.8, 4) is 0 Å². The Bertz CT molecular complexity index is 1030. The first-order valence-electron chi connectivity index (χ1n) is 28.3. The number of carbonyl (C=O) groups is 3. The molecule has 0 saturated heterocycles. The van der Waals surface area contributed by atoms with Gasteiger partial charge >= 0.3 is 0 Å². The molecule has 0 saturated carbocycles. The van der Waals surface area contributed by atoms with E-state index in [4.69, 9.17) is 0 Å². The molecule has 0 radical (unpaired) electrons. The zero-order valence-electron chi connectivity index (χ0n) is 43.0. The summed E-state index contributed by atoms with van der Waals surface area (Å²) in [5, 5.41) is 34.9. The van der Waals surface area contributed by atoms with E-state index in [2.05, 4.69) is 20.8 Å². The summed E-state index contributed by atoms with van der Waals surface area (Å²) in [6, 6.07) is 0. The molecule has 0 rings (SSSR count). The van der Waals surface area contributed by atoms with Gasteiger partial charge in [-0.15, -0.1) is 0 Å². The summed E-state index contributed by atoms with van der Waals surface area (Å²) in [6.45, 7) is 10.2. The van der Waals surface area contributed by atoms with Crippen molar-refractivity contribution in [2.24, 2.45) is 11.8 Å². The van der Waals surface area contributed by atoms with Crippen LogP contribution in [0.3, 0.4) is 0 Å². The molecule has 5 unspecified atom stereocenters. The summed E-state index contributed by atoms with van der Waals surface area (Å²) >= 11 is 0. The number of carbonyl (C=O) groups excluding carboxylic acids is 3. The maximum Gasteiger partial charge on any atom is 0.189 e. The van der Waals surface area contributed by atoms with Gasteiger partial charge in [-0.2, -0.15) is 0 Å². The van der Waals surface area contributed by atoms with Crippen LogP contribution in [0.1, 0.15) is 317 Å². The summed E-state index contributed by atoms with van der Waals surface area (Å²) < 4.78 is 0. The minimum Gasteiger partial charge on any atom is -0.382 e. The fourth-order valence-electron chi connectivity index (χ4n) is 9.56. The molecule has 63 heavy (non-hydrogen) atoms. The quantitative estimate of drug-likeness (QED) is 0.0525. The number of hydrogen-bond donors (Lipinski definition) is 3. The van der Waals surface area contributed by atoms with Crippen LogP contribution in [-0.2, 0) is 14.4 Å². The molecule has 5 atom stereocenters. The number of unbranched alkanes of at least 4 members (excludes halogenated alkanes) is 38. The van der Waals surface area contributed by atoms with E-state index in [1.807, 2.05) is 0 Å². The molecule has 3 N–H and O–H groups in total. The topological polar surface area (TPSA) is 112 Å². The lowest BCUT2D eigenvalue weighted by atomic mass is 9.74. The predicted molar refractivity (Wildman–Crippen MR) is 270 cm³/mol. The number of rotatable bonds is 51. The zero-order chi connectivity index (χ0) is 46.7. The fourth-order valence-corrected chi connectivity index (χ4v) is 9.56. The van der Waals surface area contributed by atoms with E-state index in [0.717, 1.165) is 57.8 Å². The van der Waals surface area contributed by atoms with E-state index in [9.17, 15) is 29.7 Å². The van der Waals surface area contributed by atoms with Crippen molar-refractivity contribution in [1.29, 1.82) is 0 Å². The van der Waals surface area contributed by atoms with Crippen LogP contribution in [0, 0.1) is 11.8 Å². The second-order valence-corrected chi connectivity index (χ2v) is 20.4. The van der Waals surface area contributed by atoms with E-state index in [0.29, 0.717) is 19.3 Å². The van der Waals surface area contributed by atoms with Gasteiger partial charge in [-0.05, 0) is 19.3 Å². The Hall–Kier alpha value is -1.11.